The fraction of sp³-hybridized carbons (Fsp3) is 0.429. The minimum absolute atomic E-state index is 0.834. The molecule has 58 valence electrons. The zero-order valence-corrected chi connectivity index (χ0v) is 6.90. The maximum atomic E-state index is 5.09. The zero-order valence-electron chi connectivity index (χ0n) is 6.08. The van der Waals surface area contributed by atoms with Gasteiger partial charge in [0.25, 0.3) is 0 Å². The molecule has 0 atom stereocenters. The Kier molecular flexibility index (Phi) is 3.56. The van der Waals surface area contributed by atoms with E-state index in [1.165, 1.54) is 6.33 Å². The molecule has 0 saturated carbocycles. The molecule has 0 fully saturated rings. The van der Waals surface area contributed by atoms with Crippen LogP contribution >= 0.6 is 11.8 Å². The van der Waals surface area contributed by atoms with Gasteiger partial charge in [0.1, 0.15) is 6.33 Å². The van der Waals surface area contributed by atoms with E-state index in [4.69, 9.17) is 6.42 Å². The summed E-state index contributed by atoms with van der Waals surface area (Å²) in [5, 5.41) is 7.35. The van der Waals surface area contributed by atoms with Gasteiger partial charge in [0.15, 0.2) is 5.16 Å². The Morgan fingerprint density at radius 3 is 3.27 bits per heavy atom. The average Bonchev–Trinajstić information content (AvgIpc) is 2.50. The molecule has 0 aromatic carbocycles. The number of thioether (sulfide) groups is 1. The van der Waals surface area contributed by atoms with Gasteiger partial charge in [-0.1, -0.05) is 11.8 Å². The smallest absolute Gasteiger partial charge is 0.183 e. The summed E-state index contributed by atoms with van der Waals surface area (Å²) < 4.78 is 0. The maximum Gasteiger partial charge on any atom is 0.183 e. The summed E-state index contributed by atoms with van der Waals surface area (Å²) >= 11 is 1.64. The first-order valence-electron chi connectivity index (χ1n) is 3.35. The molecule has 1 aromatic rings. The van der Waals surface area contributed by atoms with Crippen LogP contribution in [-0.4, -0.2) is 20.9 Å². The van der Waals surface area contributed by atoms with Gasteiger partial charge in [-0.15, -0.1) is 12.3 Å². The van der Waals surface area contributed by atoms with Crippen molar-refractivity contribution in [2.75, 3.05) is 5.75 Å². The molecular weight excluding hydrogens is 158 g/mol. The van der Waals surface area contributed by atoms with Crippen LogP contribution in [0.4, 0.5) is 0 Å². The number of unbranched alkanes of at least 4 members (excludes halogenated alkanes) is 1. The monoisotopic (exact) mass is 167 g/mol. The van der Waals surface area contributed by atoms with Crippen molar-refractivity contribution in [3.8, 4) is 12.3 Å². The van der Waals surface area contributed by atoms with Crippen LogP contribution in [0, 0.1) is 12.3 Å². The van der Waals surface area contributed by atoms with E-state index in [-0.39, 0.29) is 0 Å². The van der Waals surface area contributed by atoms with Crippen molar-refractivity contribution >= 4 is 11.8 Å². The molecule has 3 nitrogen and oxygen atoms in total. The Bertz CT molecular complexity index is 224. The topological polar surface area (TPSA) is 41.6 Å². The number of H-pyrrole nitrogens is 1. The van der Waals surface area contributed by atoms with Crippen LogP contribution in [0.2, 0.25) is 0 Å². The summed E-state index contributed by atoms with van der Waals surface area (Å²) in [5.74, 6) is 3.59. The van der Waals surface area contributed by atoms with Gasteiger partial charge in [-0.3, -0.25) is 5.10 Å². The lowest BCUT2D eigenvalue weighted by Crippen LogP contribution is -1.80. The highest BCUT2D eigenvalue weighted by Crippen LogP contribution is 2.12. The van der Waals surface area contributed by atoms with Crippen LogP contribution in [0.3, 0.4) is 0 Å². The van der Waals surface area contributed by atoms with E-state index in [1.54, 1.807) is 11.8 Å². The molecule has 0 unspecified atom stereocenters. The van der Waals surface area contributed by atoms with E-state index in [1.807, 2.05) is 0 Å². The van der Waals surface area contributed by atoms with Gasteiger partial charge in [0.2, 0.25) is 0 Å². The molecule has 1 N–H and O–H groups in total. The predicted octanol–water partition coefficient (Wildman–Crippen LogP) is 1.31. The van der Waals surface area contributed by atoms with Crippen molar-refractivity contribution in [3.63, 3.8) is 0 Å². The molecule has 0 spiro atoms. The van der Waals surface area contributed by atoms with Crippen LogP contribution in [0.15, 0.2) is 11.5 Å². The van der Waals surface area contributed by atoms with E-state index < -0.39 is 0 Å². The number of hydrogen-bond donors (Lipinski definition) is 1. The summed E-state index contributed by atoms with van der Waals surface area (Å²) in [5.41, 5.74) is 0. The van der Waals surface area contributed by atoms with Crippen molar-refractivity contribution in [1.29, 1.82) is 0 Å². The van der Waals surface area contributed by atoms with Gasteiger partial charge in [0, 0.05) is 12.2 Å². The van der Waals surface area contributed by atoms with Crippen LogP contribution in [0.25, 0.3) is 0 Å². The van der Waals surface area contributed by atoms with Gasteiger partial charge >= 0.3 is 0 Å². The van der Waals surface area contributed by atoms with Crippen LogP contribution in [0.1, 0.15) is 12.8 Å². The second kappa shape index (κ2) is 4.80. The molecule has 11 heavy (non-hydrogen) atoms. The highest BCUT2D eigenvalue weighted by atomic mass is 32.2. The third kappa shape index (κ3) is 3.10. The first-order chi connectivity index (χ1) is 5.43. The lowest BCUT2D eigenvalue weighted by Gasteiger charge is -1.92. The molecule has 1 rings (SSSR count). The van der Waals surface area contributed by atoms with Crippen LogP contribution < -0.4 is 0 Å². The number of hydrogen-bond acceptors (Lipinski definition) is 3. The quantitative estimate of drug-likeness (QED) is 0.417. The van der Waals surface area contributed by atoms with E-state index in [2.05, 4.69) is 21.1 Å². The first-order valence-corrected chi connectivity index (χ1v) is 4.33. The minimum atomic E-state index is 0.834. The molecule has 1 aromatic heterocycles. The summed E-state index contributed by atoms with van der Waals surface area (Å²) in [7, 11) is 0. The standard InChI is InChI=1S/C7H9N3S/c1-2-3-4-5-11-7-8-6-9-10-7/h1,6H,3-5H2,(H,8,9,10). The van der Waals surface area contributed by atoms with E-state index in [0.717, 1.165) is 23.8 Å². The van der Waals surface area contributed by atoms with Gasteiger partial charge in [0.05, 0.1) is 0 Å². The number of nitrogens with zero attached hydrogens (tertiary/aromatic N) is 2. The second-order valence-electron chi connectivity index (χ2n) is 1.95. The summed E-state index contributed by atoms with van der Waals surface area (Å²) in [6.07, 6.45) is 8.46. The first kappa shape index (κ1) is 8.15. The van der Waals surface area contributed by atoms with E-state index in [9.17, 15) is 0 Å². The lowest BCUT2D eigenvalue weighted by atomic mass is 10.4. The zero-order chi connectivity index (χ0) is 7.94. The summed E-state index contributed by atoms with van der Waals surface area (Å²) in [4.78, 5) is 3.96. The highest BCUT2D eigenvalue weighted by molar-refractivity contribution is 7.99. The number of terminal acetylenes is 1. The molecule has 0 saturated heterocycles. The second-order valence-corrected chi connectivity index (χ2v) is 3.03. The molecule has 1 heterocycles. The Hall–Kier alpha value is -0.950. The molecule has 0 radical (unpaired) electrons. The lowest BCUT2D eigenvalue weighted by molar-refractivity contribution is 0.955. The van der Waals surface area contributed by atoms with Crippen LogP contribution in [-0.2, 0) is 0 Å². The average molecular weight is 167 g/mol. The van der Waals surface area contributed by atoms with E-state index in [0.29, 0.717) is 0 Å². The number of aromatic nitrogens is 3. The largest absolute Gasteiger partial charge is 0.254 e. The number of nitrogens with one attached hydrogen (secondary N) is 1. The Labute approximate surface area is 70.0 Å². The van der Waals surface area contributed by atoms with Gasteiger partial charge in [-0.05, 0) is 6.42 Å². The summed E-state index contributed by atoms with van der Waals surface area (Å²) in [6, 6.07) is 0. The maximum absolute atomic E-state index is 5.09. The van der Waals surface area contributed by atoms with Crippen molar-refractivity contribution in [3.05, 3.63) is 6.33 Å². The molecule has 0 amide bonds. The Morgan fingerprint density at radius 1 is 1.73 bits per heavy atom. The normalized spacial score (nSPS) is 9.36. The molecule has 0 aliphatic carbocycles. The molecular formula is C7H9N3S. The third-order valence-electron chi connectivity index (χ3n) is 1.10. The molecule has 0 aliphatic heterocycles. The van der Waals surface area contributed by atoms with Crippen molar-refractivity contribution in [2.24, 2.45) is 0 Å². The molecule has 0 bridgehead atoms. The fourth-order valence-electron chi connectivity index (χ4n) is 0.607. The van der Waals surface area contributed by atoms with Crippen molar-refractivity contribution in [2.45, 2.75) is 18.0 Å². The highest BCUT2D eigenvalue weighted by Gasteiger charge is 1.93. The predicted molar refractivity (Wildman–Crippen MR) is 45.2 cm³/mol. The minimum Gasteiger partial charge on any atom is -0.254 e. The van der Waals surface area contributed by atoms with Crippen molar-refractivity contribution in [1.82, 2.24) is 15.2 Å². The fourth-order valence-corrected chi connectivity index (χ4v) is 1.33. The summed E-state index contributed by atoms with van der Waals surface area (Å²) in [6.45, 7) is 0. The van der Waals surface area contributed by atoms with E-state index >= 15 is 0 Å². The number of aromatic amines is 1. The van der Waals surface area contributed by atoms with Gasteiger partial charge in [-0.2, -0.15) is 5.10 Å². The van der Waals surface area contributed by atoms with Crippen LogP contribution in [0.5, 0.6) is 0 Å². The SMILES string of the molecule is C#CCCCSc1ncn[nH]1. The third-order valence-corrected chi connectivity index (χ3v) is 2.06. The Morgan fingerprint density at radius 2 is 2.64 bits per heavy atom. The number of rotatable bonds is 4. The van der Waals surface area contributed by atoms with Gasteiger partial charge in [-0.25, -0.2) is 4.98 Å². The molecule has 0 aliphatic rings. The van der Waals surface area contributed by atoms with Crippen molar-refractivity contribution < 1.29 is 0 Å². The van der Waals surface area contributed by atoms with Gasteiger partial charge < -0.3 is 0 Å². The molecule has 4 heteroatoms. The Balaban J connectivity index is 2.10.